The summed E-state index contributed by atoms with van der Waals surface area (Å²) in [6, 6.07) is -0.0223. The highest BCUT2D eigenvalue weighted by Gasteiger charge is 2.20. The van der Waals surface area contributed by atoms with E-state index in [9.17, 15) is 4.79 Å². The van der Waals surface area contributed by atoms with Gasteiger partial charge < -0.3 is 11.1 Å². The third kappa shape index (κ3) is 4.34. The van der Waals surface area contributed by atoms with Crippen molar-refractivity contribution in [3.05, 3.63) is 0 Å². The lowest BCUT2D eigenvalue weighted by atomic mass is 10.2. The minimum atomic E-state index is -0.0223. The van der Waals surface area contributed by atoms with Gasteiger partial charge in [0.15, 0.2) is 0 Å². The molecule has 0 aromatic rings. The summed E-state index contributed by atoms with van der Waals surface area (Å²) < 4.78 is 0. The van der Waals surface area contributed by atoms with Crippen LogP contribution >= 0.6 is 0 Å². The third-order valence-electron chi connectivity index (χ3n) is 2.08. The molecule has 3 N–H and O–H groups in total. The summed E-state index contributed by atoms with van der Waals surface area (Å²) in [5.74, 6) is 0.978. The number of nitrogens with one attached hydrogen (secondary N) is 1. The van der Waals surface area contributed by atoms with Crippen LogP contribution in [-0.4, -0.2) is 18.5 Å². The fourth-order valence-corrected chi connectivity index (χ4v) is 1.19. The molecule has 1 atom stereocenters. The van der Waals surface area contributed by atoms with Crippen molar-refractivity contribution in [2.24, 2.45) is 11.7 Å². The summed E-state index contributed by atoms with van der Waals surface area (Å²) in [6.07, 6.45) is 4.29. The minimum absolute atomic E-state index is 0.0223. The summed E-state index contributed by atoms with van der Waals surface area (Å²) in [7, 11) is 0. The van der Waals surface area contributed by atoms with E-state index in [0.29, 0.717) is 6.42 Å². The quantitative estimate of drug-likeness (QED) is 0.636. The maximum atomic E-state index is 11.1. The van der Waals surface area contributed by atoms with Crippen LogP contribution < -0.4 is 11.1 Å². The van der Waals surface area contributed by atoms with Gasteiger partial charge in [0.2, 0.25) is 5.91 Å². The monoisotopic (exact) mass is 170 g/mol. The molecule has 0 saturated heterocycles. The summed E-state index contributed by atoms with van der Waals surface area (Å²) >= 11 is 0. The first-order chi connectivity index (χ1) is 5.68. The largest absolute Gasteiger partial charge is 0.356 e. The van der Waals surface area contributed by atoms with E-state index in [-0.39, 0.29) is 11.9 Å². The van der Waals surface area contributed by atoms with Gasteiger partial charge in [-0.1, -0.05) is 12.8 Å². The normalized spacial score (nSPS) is 18.8. The highest BCUT2D eigenvalue weighted by atomic mass is 16.1. The fraction of sp³-hybridized carbons (Fsp3) is 0.889. The second-order valence-corrected chi connectivity index (χ2v) is 3.76. The molecule has 0 heterocycles. The molecule has 1 fully saturated rings. The molecule has 12 heavy (non-hydrogen) atoms. The van der Waals surface area contributed by atoms with Crippen LogP contribution in [0.1, 0.15) is 32.6 Å². The zero-order valence-corrected chi connectivity index (χ0v) is 7.68. The number of nitrogens with two attached hydrogens (primary N) is 1. The predicted molar refractivity (Wildman–Crippen MR) is 48.6 cm³/mol. The number of amides is 1. The molecule has 1 aliphatic rings. The van der Waals surface area contributed by atoms with Crippen LogP contribution in [-0.2, 0) is 4.79 Å². The van der Waals surface area contributed by atoms with E-state index in [1.165, 1.54) is 12.8 Å². The topological polar surface area (TPSA) is 55.1 Å². The maximum absolute atomic E-state index is 11.1. The first-order valence-corrected chi connectivity index (χ1v) is 4.70. The molecular weight excluding hydrogens is 152 g/mol. The van der Waals surface area contributed by atoms with Crippen molar-refractivity contribution in [1.29, 1.82) is 0 Å². The lowest BCUT2D eigenvalue weighted by molar-refractivity contribution is -0.121. The molecule has 0 aromatic carbocycles. The number of hydrogen-bond donors (Lipinski definition) is 2. The molecule has 3 heteroatoms. The third-order valence-corrected chi connectivity index (χ3v) is 2.08. The van der Waals surface area contributed by atoms with E-state index in [1.807, 2.05) is 6.92 Å². The van der Waals surface area contributed by atoms with E-state index in [1.54, 1.807) is 0 Å². The Bertz CT molecular complexity index is 153. The molecule has 1 unspecified atom stereocenters. The molecule has 0 aromatic heterocycles. The van der Waals surface area contributed by atoms with Crippen LogP contribution in [0.15, 0.2) is 0 Å². The predicted octanol–water partition coefficient (Wildman–Crippen LogP) is 0.640. The van der Waals surface area contributed by atoms with E-state index in [2.05, 4.69) is 5.32 Å². The zero-order chi connectivity index (χ0) is 8.97. The molecule has 1 rings (SSSR count). The van der Waals surface area contributed by atoms with Gasteiger partial charge >= 0.3 is 0 Å². The van der Waals surface area contributed by atoms with Crippen molar-refractivity contribution in [3.8, 4) is 0 Å². The minimum Gasteiger partial charge on any atom is -0.356 e. The van der Waals surface area contributed by atoms with Gasteiger partial charge in [-0.25, -0.2) is 0 Å². The van der Waals surface area contributed by atoms with Crippen molar-refractivity contribution < 1.29 is 4.79 Å². The van der Waals surface area contributed by atoms with E-state index < -0.39 is 0 Å². The van der Waals surface area contributed by atoms with Crippen LogP contribution in [0.3, 0.4) is 0 Å². The molecule has 1 aliphatic carbocycles. The van der Waals surface area contributed by atoms with E-state index in [0.717, 1.165) is 18.9 Å². The summed E-state index contributed by atoms with van der Waals surface area (Å²) in [6.45, 7) is 2.68. The molecule has 0 bridgehead atoms. The van der Waals surface area contributed by atoms with Gasteiger partial charge in [-0.05, 0) is 19.3 Å². The van der Waals surface area contributed by atoms with Crippen molar-refractivity contribution in [1.82, 2.24) is 5.32 Å². The smallest absolute Gasteiger partial charge is 0.221 e. The van der Waals surface area contributed by atoms with Gasteiger partial charge in [-0.3, -0.25) is 4.79 Å². The summed E-state index contributed by atoms with van der Waals surface area (Å²) in [5, 5.41) is 2.87. The van der Waals surface area contributed by atoms with Crippen LogP contribution in [0.25, 0.3) is 0 Å². The summed E-state index contributed by atoms with van der Waals surface area (Å²) in [5.41, 5.74) is 5.48. The molecule has 1 amide bonds. The molecule has 0 spiro atoms. The van der Waals surface area contributed by atoms with Gasteiger partial charge in [0.25, 0.3) is 0 Å². The second-order valence-electron chi connectivity index (χ2n) is 3.76. The van der Waals surface area contributed by atoms with Gasteiger partial charge in [0, 0.05) is 19.0 Å². The van der Waals surface area contributed by atoms with Crippen LogP contribution in [0.2, 0.25) is 0 Å². The molecule has 3 nitrogen and oxygen atoms in total. The molecule has 70 valence electrons. The van der Waals surface area contributed by atoms with Crippen molar-refractivity contribution in [2.75, 3.05) is 6.54 Å². The van der Waals surface area contributed by atoms with Gasteiger partial charge in [0.1, 0.15) is 0 Å². The van der Waals surface area contributed by atoms with Crippen LogP contribution in [0.5, 0.6) is 0 Å². The standard InChI is InChI=1S/C9H18N2O/c1-7(10)6-9(12)11-5-4-8-2-3-8/h7-8H,2-6,10H2,1H3,(H,11,12). The molecule has 0 radical (unpaired) electrons. The van der Waals surface area contributed by atoms with Crippen LogP contribution in [0, 0.1) is 5.92 Å². The molecule has 1 saturated carbocycles. The fourth-order valence-electron chi connectivity index (χ4n) is 1.19. The van der Waals surface area contributed by atoms with Gasteiger partial charge in [0.05, 0.1) is 0 Å². The van der Waals surface area contributed by atoms with E-state index >= 15 is 0 Å². The lowest BCUT2D eigenvalue weighted by Crippen LogP contribution is -2.30. The van der Waals surface area contributed by atoms with Crippen LogP contribution in [0.4, 0.5) is 0 Å². The van der Waals surface area contributed by atoms with Gasteiger partial charge in [-0.2, -0.15) is 0 Å². The Hall–Kier alpha value is -0.570. The first kappa shape index (κ1) is 9.52. The Labute approximate surface area is 73.7 Å². The summed E-state index contributed by atoms with van der Waals surface area (Å²) in [4.78, 5) is 11.1. The van der Waals surface area contributed by atoms with Crippen molar-refractivity contribution >= 4 is 5.91 Å². The highest BCUT2D eigenvalue weighted by Crippen LogP contribution is 2.31. The van der Waals surface area contributed by atoms with E-state index in [4.69, 9.17) is 5.73 Å². The highest BCUT2D eigenvalue weighted by molar-refractivity contribution is 5.76. The Kier molecular flexibility index (Phi) is 3.53. The average molecular weight is 170 g/mol. The number of hydrogen-bond acceptors (Lipinski definition) is 2. The Balaban J connectivity index is 1.93. The Morgan fingerprint density at radius 2 is 2.33 bits per heavy atom. The molecule has 0 aliphatic heterocycles. The Morgan fingerprint density at radius 1 is 1.67 bits per heavy atom. The lowest BCUT2D eigenvalue weighted by Gasteiger charge is -2.06. The maximum Gasteiger partial charge on any atom is 0.221 e. The van der Waals surface area contributed by atoms with Gasteiger partial charge in [-0.15, -0.1) is 0 Å². The number of carbonyl (C=O) groups is 1. The molecular formula is C9H18N2O. The average Bonchev–Trinajstić information content (AvgIpc) is 2.69. The SMILES string of the molecule is CC(N)CC(=O)NCCC1CC1. The second kappa shape index (κ2) is 4.45. The van der Waals surface area contributed by atoms with Crippen molar-refractivity contribution in [2.45, 2.75) is 38.6 Å². The Morgan fingerprint density at radius 3 is 2.83 bits per heavy atom. The van der Waals surface area contributed by atoms with Crippen molar-refractivity contribution in [3.63, 3.8) is 0 Å². The zero-order valence-electron chi connectivity index (χ0n) is 7.68. The number of carbonyl (C=O) groups excluding carboxylic acids is 1. The first-order valence-electron chi connectivity index (χ1n) is 4.70. The number of rotatable bonds is 5.